The maximum atomic E-state index is 11.1. The molecule has 1 saturated heterocycles. The van der Waals surface area contributed by atoms with Crippen LogP contribution in [0.2, 0.25) is 0 Å². The number of aromatic nitrogens is 1. The van der Waals surface area contributed by atoms with Gasteiger partial charge in [-0.2, -0.15) is 0 Å². The van der Waals surface area contributed by atoms with Crippen LogP contribution >= 0.6 is 0 Å². The minimum atomic E-state index is -0.222. The number of hydrogen-bond acceptors (Lipinski definition) is 4. The molecule has 0 bridgehead atoms. The highest BCUT2D eigenvalue weighted by molar-refractivity contribution is 5.78. The summed E-state index contributed by atoms with van der Waals surface area (Å²) in [6.07, 6.45) is 2.54. The standard InChI is InChI=1S/C11H16N4O/c12-6-9-10(2-1-4-14-9)15-5-3-8(7-15)11(13)16/h1-2,4,8H,3,5-7,12H2,(H2,13,16). The van der Waals surface area contributed by atoms with E-state index in [0.717, 1.165) is 24.3 Å². The van der Waals surface area contributed by atoms with Crippen molar-refractivity contribution in [3.8, 4) is 0 Å². The first kappa shape index (κ1) is 10.9. The fourth-order valence-electron chi connectivity index (χ4n) is 2.09. The molecule has 1 aromatic heterocycles. The zero-order valence-corrected chi connectivity index (χ0v) is 9.10. The van der Waals surface area contributed by atoms with E-state index in [1.807, 2.05) is 12.1 Å². The Labute approximate surface area is 94.4 Å². The Balaban J connectivity index is 2.17. The summed E-state index contributed by atoms with van der Waals surface area (Å²) in [6.45, 7) is 1.92. The van der Waals surface area contributed by atoms with E-state index in [9.17, 15) is 4.79 Å². The second-order valence-electron chi connectivity index (χ2n) is 4.01. The van der Waals surface area contributed by atoms with E-state index >= 15 is 0 Å². The van der Waals surface area contributed by atoms with Gasteiger partial charge in [0.15, 0.2) is 0 Å². The number of carbonyl (C=O) groups is 1. The second kappa shape index (κ2) is 4.49. The molecule has 1 unspecified atom stereocenters. The van der Waals surface area contributed by atoms with Gasteiger partial charge in [0.05, 0.1) is 17.3 Å². The fourth-order valence-corrected chi connectivity index (χ4v) is 2.09. The van der Waals surface area contributed by atoms with E-state index in [1.54, 1.807) is 6.20 Å². The smallest absolute Gasteiger partial charge is 0.222 e. The number of amides is 1. The van der Waals surface area contributed by atoms with Crippen molar-refractivity contribution in [2.75, 3.05) is 18.0 Å². The van der Waals surface area contributed by atoms with Gasteiger partial charge in [0.1, 0.15) is 0 Å². The molecule has 0 aliphatic carbocycles. The molecular formula is C11H16N4O. The molecule has 1 atom stereocenters. The van der Waals surface area contributed by atoms with Crippen molar-refractivity contribution in [1.82, 2.24) is 4.98 Å². The predicted molar refractivity (Wildman–Crippen MR) is 61.6 cm³/mol. The van der Waals surface area contributed by atoms with E-state index in [1.165, 1.54) is 0 Å². The Morgan fingerprint density at radius 1 is 1.62 bits per heavy atom. The van der Waals surface area contributed by atoms with E-state index in [0.29, 0.717) is 13.1 Å². The molecule has 4 N–H and O–H groups in total. The van der Waals surface area contributed by atoms with Crippen molar-refractivity contribution in [2.24, 2.45) is 17.4 Å². The topological polar surface area (TPSA) is 85.2 Å². The van der Waals surface area contributed by atoms with Gasteiger partial charge in [-0.1, -0.05) is 0 Å². The monoisotopic (exact) mass is 220 g/mol. The molecule has 5 nitrogen and oxygen atoms in total. The zero-order chi connectivity index (χ0) is 11.5. The number of rotatable bonds is 3. The Morgan fingerprint density at radius 3 is 3.06 bits per heavy atom. The highest BCUT2D eigenvalue weighted by Gasteiger charge is 2.27. The molecule has 1 aromatic rings. The summed E-state index contributed by atoms with van der Waals surface area (Å²) >= 11 is 0. The van der Waals surface area contributed by atoms with Crippen molar-refractivity contribution in [3.05, 3.63) is 24.0 Å². The van der Waals surface area contributed by atoms with Crippen LogP contribution in [0.1, 0.15) is 12.1 Å². The largest absolute Gasteiger partial charge is 0.369 e. The molecule has 1 aliphatic heterocycles. The zero-order valence-electron chi connectivity index (χ0n) is 9.10. The summed E-state index contributed by atoms with van der Waals surface area (Å²) < 4.78 is 0. The van der Waals surface area contributed by atoms with Gasteiger partial charge in [-0.05, 0) is 18.6 Å². The van der Waals surface area contributed by atoms with Crippen LogP contribution in [0.3, 0.4) is 0 Å². The maximum Gasteiger partial charge on any atom is 0.222 e. The van der Waals surface area contributed by atoms with Crippen LogP contribution in [0.25, 0.3) is 0 Å². The molecule has 1 fully saturated rings. The molecule has 1 amide bonds. The lowest BCUT2D eigenvalue weighted by Crippen LogP contribution is -2.28. The molecule has 1 aliphatic rings. The third kappa shape index (κ3) is 1.99. The number of primary amides is 1. The van der Waals surface area contributed by atoms with E-state index in [2.05, 4.69) is 9.88 Å². The highest BCUT2D eigenvalue weighted by Crippen LogP contribution is 2.25. The summed E-state index contributed by atoms with van der Waals surface area (Å²) in [5.74, 6) is -0.272. The molecule has 0 saturated carbocycles. The van der Waals surface area contributed by atoms with Crippen LogP contribution in [-0.4, -0.2) is 24.0 Å². The first-order chi connectivity index (χ1) is 7.72. The summed E-state index contributed by atoms with van der Waals surface area (Å²) in [7, 11) is 0. The highest BCUT2D eigenvalue weighted by atomic mass is 16.1. The van der Waals surface area contributed by atoms with Crippen LogP contribution in [0.15, 0.2) is 18.3 Å². The van der Waals surface area contributed by atoms with Crippen LogP contribution in [0.4, 0.5) is 5.69 Å². The number of nitrogens with two attached hydrogens (primary N) is 2. The fraction of sp³-hybridized carbons (Fsp3) is 0.455. The molecule has 0 aromatic carbocycles. The molecular weight excluding hydrogens is 204 g/mol. The number of anilines is 1. The van der Waals surface area contributed by atoms with Crippen molar-refractivity contribution in [3.63, 3.8) is 0 Å². The van der Waals surface area contributed by atoms with Crippen molar-refractivity contribution < 1.29 is 4.79 Å². The molecule has 5 heteroatoms. The summed E-state index contributed by atoms with van der Waals surface area (Å²) in [4.78, 5) is 17.4. The van der Waals surface area contributed by atoms with Crippen LogP contribution in [-0.2, 0) is 11.3 Å². The van der Waals surface area contributed by atoms with Gasteiger partial charge in [0.2, 0.25) is 5.91 Å². The lowest BCUT2D eigenvalue weighted by atomic mass is 10.1. The third-order valence-electron chi connectivity index (χ3n) is 2.99. The van der Waals surface area contributed by atoms with E-state index in [-0.39, 0.29) is 11.8 Å². The van der Waals surface area contributed by atoms with E-state index in [4.69, 9.17) is 11.5 Å². The van der Waals surface area contributed by atoms with Gasteiger partial charge in [-0.25, -0.2) is 0 Å². The van der Waals surface area contributed by atoms with E-state index < -0.39 is 0 Å². The summed E-state index contributed by atoms with van der Waals surface area (Å²) in [5, 5.41) is 0. The molecule has 2 heterocycles. The van der Waals surface area contributed by atoms with Crippen molar-refractivity contribution in [1.29, 1.82) is 0 Å². The maximum absolute atomic E-state index is 11.1. The molecule has 2 rings (SSSR count). The minimum Gasteiger partial charge on any atom is -0.369 e. The average molecular weight is 220 g/mol. The van der Waals surface area contributed by atoms with Crippen LogP contribution in [0.5, 0.6) is 0 Å². The Bertz CT molecular complexity index is 393. The quantitative estimate of drug-likeness (QED) is 0.742. The van der Waals surface area contributed by atoms with Crippen molar-refractivity contribution in [2.45, 2.75) is 13.0 Å². The third-order valence-corrected chi connectivity index (χ3v) is 2.99. The molecule has 0 radical (unpaired) electrons. The first-order valence-corrected chi connectivity index (χ1v) is 5.40. The number of nitrogens with zero attached hydrogens (tertiary/aromatic N) is 2. The van der Waals surface area contributed by atoms with Gasteiger partial charge in [-0.15, -0.1) is 0 Å². The summed E-state index contributed by atoms with van der Waals surface area (Å²) in [6, 6.07) is 3.87. The molecule has 86 valence electrons. The van der Waals surface area contributed by atoms with Crippen molar-refractivity contribution >= 4 is 11.6 Å². The Morgan fingerprint density at radius 2 is 2.44 bits per heavy atom. The Hall–Kier alpha value is -1.62. The Kier molecular flexibility index (Phi) is 3.05. The summed E-state index contributed by atoms with van der Waals surface area (Å²) in [5.41, 5.74) is 12.8. The van der Waals surface area contributed by atoms with Gasteiger partial charge in [0.25, 0.3) is 0 Å². The van der Waals surface area contributed by atoms with Gasteiger partial charge < -0.3 is 16.4 Å². The lowest BCUT2D eigenvalue weighted by molar-refractivity contribution is -0.121. The predicted octanol–water partition coefficient (Wildman–Crippen LogP) is -0.148. The van der Waals surface area contributed by atoms with Gasteiger partial charge in [-0.3, -0.25) is 9.78 Å². The van der Waals surface area contributed by atoms with Gasteiger partial charge >= 0.3 is 0 Å². The number of hydrogen-bond donors (Lipinski definition) is 2. The van der Waals surface area contributed by atoms with Crippen LogP contribution in [0, 0.1) is 5.92 Å². The van der Waals surface area contributed by atoms with Gasteiger partial charge in [0, 0.05) is 25.8 Å². The SMILES string of the molecule is NCc1ncccc1N1CCC(C(N)=O)C1. The minimum absolute atomic E-state index is 0.0502. The first-order valence-electron chi connectivity index (χ1n) is 5.40. The molecule has 0 spiro atoms. The van der Waals surface area contributed by atoms with Crippen LogP contribution < -0.4 is 16.4 Å². The number of pyridine rings is 1. The number of carbonyl (C=O) groups excluding carboxylic acids is 1. The molecule has 16 heavy (non-hydrogen) atoms. The normalized spacial score (nSPS) is 20.1. The average Bonchev–Trinajstić information content (AvgIpc) is 2.78. The lowest BCUT2D eigenvalue weighted by Gasteiger charge is -2.20. The second-order valence-corrected chi connectivity index (χ2v) is 4.01.